The summed E-state index contributed by atoms with van der Waals surface area (Å²) in [6.07, 6.45) is -25.9. The molecule has 3 aliphatic rings. The number of carbonyl (C=O) groups is 1. The van der Waals surface area contributed by atoms with Crippen molar-refractivity contribution >= 4 is 5.97 Å². The van der Waals surface area contributed by atoms with Crippen LogP contribution in [0, 0.1) is 0 Å². The Bertz CT molecular complexity index is 738. The highest BCUT2D eigenvalue weighted by molar-refractivity contribution is 5.66. The molecule has 0 spiro atoms. The lowest BCUT2D eigenvalue weighted by molar-refractivity contribution is -0.387. The van der Waals surface area contributed by atoms with Gasteiger partial charge >= 0.3 is 5.97 Å². The van der Waals surface area contributed by atoms with E-state index in [-0.39, 0.29) is 0 Å². The largest absolute Gasteiger partial charge is 0.433 e. The van der Waals surface area contributed by atoms with Crippen LogP contribution in [0.2, 0.25) is 0 Å². The third kappa shape index (κ3) is 6.38. The second-order valence-electron chi connectivity index (χ2n) is 8.92. The SMILES string of the molecule is CC(=O)OC1OC(CO)C(O)C(OC2OC(CO)C(O)C(O)C2O)C1OC1OC(CO)C(O)C(O)C1O. The van der Waals surface area contributed by atoms with Crippen LogP contribution in [0.15, 0.2) is 0 Å². The molecule has 10 N–H and O–H groups in total. The lowest BCUT2D eigenvalue weighted by Gasteiger charge is -2.48. The van der Waals surface area contributed by atoms with Crippen molar-refractivity contribution < 1.29 is 84.3 Å². The molecule has 3 heterocycles. The quantitative estimate of drug-likeness (QED) is 0.127. The molecule has 3 rings (SSSR count). The van der Waals surface area contributed by atoms with Crippen molar-refractivity contribution in [2.24, 2.45) is 0 Å². The fraction of sp³-hybridized carbons (Fsp3) is 0.950. The van der Waals surface area contributed by atoms with Crippen LogP contribution < -0.4 is 0 Å². The zero-order valence-electron chi connectivity index (χ0n) is 19.6. The molecule has 0 radical (unpaired) electrons. The maximum Gasteiger partial charge on any atom is 0.305 e. The second-order valence-corrected chi connectivity index (χ2v) is 8.92. The van der Waals surface area contributed by atoms with Crippen LogP contribution in [0.3, 0.4) is 0 Å². The topological polar surface area (TPSA) is 275 Å². The molecule has 15 unspecified atom stereocenters. The minimum Gasteiger partial charge on any atom is -0.433 e. The third-order valence-corrected chi connectivity index (χ3v) is 6.36. The summed E-state index contributed by atoms with van der Waals surface area (Å²) in [6.45, 7) is -1.40. The Labute approximate surface area is 209 Å². The summed E-state index contributed by atoms with van der Waals surface area (Å²) in [5.41, 5.74) is 0. The van der Waals surface area contributed by atoms with E-state index in [1.54, 1.807) is 0 Å². The maximum atomic E-state index is 11.7. The van der Waals surface area contributed by atoms with Crippen molar-refractivity contribution in [3.63, 3.8) is 0 Å². The van der Waals surface area contributed by atoms with E-state index in [0.29, 0.717) is 0 Å². The van der Waals surface area contributed by atoms with Gasteiger partial charge in [0.25, 0.3) is 0 Å². The molecule has 3 saturated heterocycles. The highest BCUT2D eigenvalue weighted by atomic mass is 16.8. The first-order valence-corrected chi connectivity index (χ1v) is 11.5. The Morgan fingerprint density at radius 3 is 1.35 bits per heavy atom. The van der Waals surface area contributed by atoms with Gasteiger partial charge in [0.2, 0.25) is 6.29 Å². The summed E-state index contributed by atoms with van der Waals surface area (Å²) < 4.78 is 32.3. The van der Waals surface area contributed by atoms with Crippen molar-refractivity contribution in [1.29, 1.82) is 0 Å². The minimum absolute atomic E-state index is 0.790. The maximum absolute atomic E-state index is 11.7. The van der Waals surface area contributed by atoms with Gasteiger partial charge in [0.05, 0.1) is 19.8 Å². The van der Waals surface area contributed by atoms with Crippen LogP contribution in [0.25, 0.3) is 0 Å². The Morgan fingerprint density at radius 1 is 0.568 bits per heavy atom. The molecule has 15 atom stereocenters. The highest BCUT2D eigenvalue weighted by Gasteiger charge is 2.55. The molecule has 37 heavy (non-hydrogen) atoms. The van der Waals surface area contributed by atoms with Gasteiger partial charge in [0, 0.05) is 6.92 Å². The molecule has 17 nitrogen and oxygen atoms in total. The predicted octanol–water partition coefficient (Wildman–Crippen LogP) is -7.00. The lowest BCUT2D eigenvalue weighted by Crippen LogP contribution is -2.67. The van der Waals surface area contributed by atoms with Crippen LogP contribution in [-0.4, -0.2) is 169 Å². The average Bonchev–Trinajstić information content (AvgIpc) is 2.87. The summed E-state index contributed by atoms with van der Waals surface area (Å²) >= 11 is 0. The molecule has 0 amide bonds. The summed E-state index contributed by atoms with van der Waals surface area (Å²) in [7, 11) is 0. The molecular formula is C20H34O17. The first-order chi connectivity index (χ1) is 17.4. The van der Waals surface area contributed by atoms with Crippen LogP contribution in [0.5, 0.6) is 0 Å². The fourth-order valence-corrected chi connectivity index (χ4v) is 4.27. The summed E-state index contributed by atoms with van der Waals surface area (Å²) in [5, 5.41) is 100. The van der Waals surface area contributed by atoms with Crippen molar-refractivity contribution in [3.8, 4) is 0 Å². The van der Waals surface area contributed by atoms with E-state index in [0.717, 1.165) is 6.92 Å². The van der Waals surface area contributed by atoms with Crippen LogP contribution in [-0.2, 0) is 33.2 Å². The molecule has 17 heteroatoms. The molecule has 3 aliphatic heterocycles. The zero-order chi connectivity index (χ0) is 27.6. The van der Waals surface area contributed by atoms with Crippen LogP contribution in [0.1, 0.15) is 6.92 Å². The van der Waals surface area contributed by atoms with E-state index >= 15 is 0 Å². The Balaban J connectivity index is 1.92. The molecular weight excluding hydrogens is 512 g/mol. The van der Waals surface area contributed by atoms with Gasteiger partial charge in [0.15, 0.2) is 18.7 Å². The van der Waals surface area contributed by atoms with Crippen molar-refractivity contribution in [2.75, 3.05) is 19.8 Å². The van der Waals surface area contributed by atoms with Crippen LogP contribution in [0.4, 0.5) is 0 Å². The van der Waals surface area contributed by atoms with Crippen molar-refractivity contribution in [3.05, 3.63) is 0 Å². The number of aliphatic hydroxyl groups is 10. The molecule has 0 saturated carbocycles. The standard InChI is InChI=1S/C20H34O17/c1-5(24)32-20-17(37-19-15(31)13(29)10(26)7(3-22)34-19)16(11(27)8(4-23)35-20)36-18-14(30)12(28)9(25)6(2-21)33-18/h6-23,25-31H,2-4H2,1H3. The van der Waals surface area contributed by atoms with E-state index in [4.69, 9.17) is 28.4 Å². The van der Waals surface area contributed by atoms with E-state index in [1.807, 2.05) is 0 Å². The number of carbonyl (C=O) groups excluding carboxylic acids is 1. The van der Waals surface area contributed by atoms with Crippen molar-refractivity contribution in [2.45, 2.75) is 99.0 Å². The zero-order valence-corrected chi connectivity index (χ0v) is 19.6. The van der Waals surface area contributed by atoms with Crippen LogP contribution >= 0.6 is 0 Å². The first kappa shape index (κ1) is 30.4. The Kier molecular flexibility index (Phi) is 10.5. The van der Waals surface area contributed by atoms with Gasteiger partial charge in [0.1, 0.15) is 67.1 Å². The van der Waals surface area contributed by atoms with Gasteiger partial charge in [-0.1, -0.05) is 0 Å². The first-order valence-electron chi connectivity index (χ1n) is 11.5. The van der Waals surface area contributed by atoms with Gasteiger partial charge in [-0.25, -0.2) is 0 Å². The number of esters is 1. The summed E-state index contributed by atoms with van der Waals surface area (Å²) in [6, 6.07) is 0. The molecule has 0 aromatic carbocycles. The normalized spacial score (nSPS) is 49.0. The van der Waals surface area contributed by atoms with Gasteiger partial charge in [-0.3, -0.25) is 4.79 Å². The number of rotatable bonds is 8. The highest BCUT2D eigenvalue weighted by Crippen LogP contribution is 2.33. The Morgan fingerprint density at radius 2 is 0.946 bits per heavy atom. The molecule has 3 fully saturated rings. The van der Waals surface area contributed by atoms with E-state index < -0.39 is 118 Å². The molecule has 0 bridgehead atoms. The monoisotopic (exact) mass is 546 g/mol. The number of ether oxygens (including phenoxy) is 6. The number of hydrogen-bond acceptors (Lipinski definition) is 17. The lowest BCUT2D eigenvalue weighted by atomic mass is 9.96. The smallest absolute Gasteiger partial charge is 0.305 e. The van der Waals surface area contributed by atoms with E-state index in [9.17, 15) is 55.9 Å². The van der Waals surface area contributed by atoms with Gasteiger partial charge in [-0.2, -0.15) is 0 Å². The second kappa shape index (κ2) is 12.8. The minimum atomic E-state index is -1.92. The average molecular weight is 546 g/mol. The van der Waals surface area contributed by atoms with Gasteiger partial charge < -0.3 is 79.5 Å². The summed E-state index contributed by atoms with van der Waals surface area (Å²) in [5.74, 6) is -0.910. The molecule has 216 valence electrons. The molecule has 0 aliphatic carbocycles. The Hall–Kier alpha value is -1.13. The van der Waals surface area contributed by atoms with Gasteiger partial charge in [-0.05, 0) is 0 Å². The predicted molar refractivity (Wildman–Crippen MR) is 111 cm³/mol. The number of aliphatic hydroxyl groups excluding tert-OH is 10. The van der Waals surface area contributed by atoms with Gasteiger partial charge in [-0.15, -0.1) is 0 Å². The molecule has 0 aromatic rings. The van der Waals surface area contributed by atoms with E-state index in [2.05, 4.69) is 0 Å². The number of hydrogen-bond donors (Lipinski definition) is 10. The fourth-order valence-electron chi connectivity index (χ4n) is 4.27. The molecule has 0 aromatic heterocycles. The van der Waals surface area contributed by atoms with Crippen molar-refractivity contribution in [1.82, 2.24) is 0 Å². The summed E-state index contributed by atoms with van der Waals surface area (Å²) in [4.78, 5) is 11.7. The van der Waals surface area contributed by atoms with E-state index in [1.165, 1.54) is 0 Å². The third-order valence-electron chi connectivity index (χ3n) is 6.36.